The van der Waals surface area contributed by atoms with Crippen molar-refractivity contribution in [2.45, 2.75) is 12.3 Å². The van der Waals surface area contributed by atoms with Gasteiger partial charge in [-0.2, -0.15) is 5.10 Å². The van der Waals surface area contributed by atoms with Crippen molar-refractivity contribution in [1.82, 2.24) is 9.78 Å². The average Bonchev–Trinajstić information content (AvgIpc) is 2.36. The van der Waals surface area contributed by atoms with Crippen molar-refractivity contribution in [3.63, 3.8) is 0 Å². The first-order valence-corrected chi connectivity index (χ1v) is 3.63. The first-order chi connectivity index (χ1) is 5.56. The fourth-order valence-electron chi connectivity index (χ4n) is 0.936. The number of nitrogens with zero attached hydrogens (tertiary/aromatic N) is 2. The Morgan fingerprint density at radius 2 is 2.33 bits per heavy atom. The van der Waals surface area contributed by atoms with E-state index in [9.17, 15) is 8.78 Å². The Balaban J connectivity index is 2.81. The van der Waals surface area contributed by atoms with Crippen LogP contribution < -0.4 is 5.73 Å². The Bertz CT molecular complexity index is 257. The lowest BCUT2D eigenvalue weighted by Gasteiger charge is -2.12. The second-order valence-electron chi connectivity index (χ2n) is 2.65. The highest BCUT2D eigenvalue weighted by Crippen LogP contribution is 2.30. The molecule has 1 aromatic rings. The molecule has 0 aromatic carbocycles. The van der Waals surface area contributed by atoms with Crippen molar-refractivity contribution in [2.75, 3.05) is 6.54 Å². The van der Waals surface area contributed by atoms with Crippen molar-refractivity contribution < 1.29 is 8.78 Å². The van der Waals surface area contributed by atoms with Crippen LogP contribution in [0.5, 0.6) is 0 Å². The fraction of sp³-hybridized carbons (Fsp3) is 0.571. The minimum absolute atomic E-state index is 0.0259. The molecule has 0 radical (unpaired) electrons. The molecule has 0 aliphatic rings. The zero-order chi connectivity index (χ0) is 9.19. The molecule has 0 aliphatic carbocycles. The van der Waals surface area contributed by atoms with Gasteiger partial charge in [0.2, 0.25) is 0 Å². The molecule has 1 rings (SSSR count). The maximum atomic E-state index is 13.0. The van der Waals surface area contributed by atoms with Crippen molar-refractivity contribution in [1.29, 1.82) is 0 Å². The lowest BCUT2D eigenvalue weighted by molar-refractivity contribution is -0.0107. The van der Waals surface area contributed by atoms with Crippen LogP contribution in [0, 0.1) is 0 Å². The molecule has 0 saturated heterocycles. The SMILES string of the molecule is Cn1cc(C(F)(F)CCN)cn1. The van der Waals surface area contributed by atoms with Crippen LogP contribution in [0.1, 0.15) is 12.0 Å². The van der Waals surface area contributed by atoms with Gasteiger partial charge in [0.25, 0.3) is 5.92 Å². The predicted molar refractivity (Wildman–Crippen MR) is 40.8 cm³/mol. The Hall–Kier alpha value is -0.970. The average molecular weight is 175 g/mol. The standard InChI is InChI=1S/C7H11F2N3/c1-12-5-6(4-11-12)7(8,9)2-3-10/h4-5H,2-3,10H2,1H3. The van der Waals surface area contributed by atoms with Crippen LogP contribution in [0.3, 0.4) is 0 Å². The first-order valence-electron chi connectivity index (χ1n) is 3.63. The van der Waals surface area contributed by atoms with Crippen molar-refractivity contribution in [3.8, 4) is 0 Å². The van der Waals surface area contributed by atoms with E-state index < -0.39 is 5.92 Å². The number of rotatable bonds is 3. The second kappa shape index (κ2) is 3.18. The molecule has 0 fully saturated rings. The monoisotopic (exact) mass is 175 g/mol. The van der Waals surface area contributed by atoms with Gasteiger partial charge in [0.1, 0.15) is 0 Å². The quantitative estimate of drug-likeness (QED) is 0.740. The molecule has 3 nitrogen and oxygen atoms in total. The normalized spacial score (nSPS) is 12.0. The van der Waals surface area contributed by atoms with E-state index in [4.69, 9.17) is 5.73 Å². The molecule has 0 unspecified atom stereocenters. The Kier molecular flexibility index (Phi) is 2.42. The van der Waals surface area contributed by atoms with Crippen molar-refractivity contribution in [2.24, 2.45) is 12.8 Å². The van der Waals surface area contributed by atoms with E-state index in [2.05, 4.69) is 5.10 Å². The summed E-state index contributed by atoms with van der Waals surface area (Å²) in [5.74, 6) is -2.84. The maximum Gasteiger partial charge on any atom is 0.277 e. The summed E-state index contributed by atoms with van der Waals surface area (Å²) in [4.78, 5) is 0. The van der Waals surface area contributed by atoms with Crippen molar-refractivity contribution in [3.05, 3.63) is 18.0 Å². The topological polar surface area (TPSA) is 43.8 Å². The van der Waals surface area contributed by atoms with Crippen LogP contribution in [-0.2, 0) is 13.0 Å². The summed E-state index contributed by atoms with van der Waals surface area (Å²) >= 11 is 0. The van der Waals surface area contributed by atoms with Gasteiger partial charge in [-0.05, 0) is 6.54 Å². The Labute approximate surface area is 69.2 Å². The van der Waals surface area contributed by atoms with Gasteiger partial charge in [-0.1, -0.05) is 0 Å². The van der Waals surface area contributed by atoms with E-state index in [1.54, 1.807) is 7.05 Å². The summed E-state index contributed by atoms with van der Waals surface area (Å²) in [6, 6.07) is 0. The number of aromatic nitrogens is 2. The van der Waals surface area contributed by atoms with E-state index in [1.807, 2.05) is 0 Å². The molecule has 1 heterocycles. The summed E-state index contributed by atoms with van der Waals surface area (Å²) in [5.41, 5.74) is 4.98. The summed E-state index contributed by atoms with van der Waals surface area (Å²) in [6.07, 6.45) is 2.13. The third kappa shape index (κ3) is 1.79. The highest BCUT2D eigenvalue weighted by atomic mass is 19.3. The molecule has 0 aliphatic heterocycles. The summed E-state index contributed by atoms with van der Waals surface area (Å²) in [5, 5.41) is 3.66. The zero-order valence-corrected chi connectivity index (χ0v) is 6.80. The van der Waals surface area contributed by atoms with Gasteiger partial charge >= 0.3 is 0 Å². The molecule has 0 spiro atoms. The summed E-state index contributed by atoms with van der Waals surface area (Å²) in [7, 11) is 1.60. The van der Waals surface area contributed by atoms with E-state index in [0.29, 0.717) is 0 Å². The predicted octanol–water partition coefficient (Wildman–Crippen LogP) is 0.861. The van der Waals surface area contributed by atoms with E-state index >= 15 is 0 Å². The molecule has 0 saturated carbocycles. The fourth-order valence-corrected chi connectivity index (χ4v) is 0.936. The molecule has 5 heteroatoms. The van der Waals surface area contributed by atoms with Gasteiger partial charge in [0.05, 0.1) is 11.8 Å². The second-order valence-corrected chi connectivity index (χ2v) is 2.65. The maximum absolute atomic E-state index is 13.0. The third-order valence-electron chi connectivity index (χ3n) is 1.59. The number of halogens is 2. The Morgan fingerprint density at radius 3 is 2.75 bits per heavy atom. The molecule has 0 atom stereocenters. The first kappa shape index (κ1) is 9.12. The molecule has 68 valence electrons. The van der Waals surface area contributed by atoms with Gasteiger partial charge < -0.3 is 5.73 Å². The number of alkyl halides is 2. The molecular weight excluding hydrogens is 164 g/mol. The smallest absolute Gasteiger partial charge is 0.277 e. The van der Waals surface area contributed by atoms with Gasteiger partial charge in [0, 0.05) is 19.7 Å². The minimum Gasteiger partial charge on any atom is -0.330 e. The van der Waals surface area contributed by atoms with Crippen molar-refractivity contribution >= 4 is 0 Å². The van der Waals surface area contributed by atoms with Crippen LogP contribution in [0.4, 0.5) is 8.78 Å². The molecule has 0 bridgehead atoms. The highest BCUT2D eigenvalue weighted by molar-refractivity contribution is 5.11. The molecule has 1 aromatic heterocycles. The van der Waals surface area contributed by atoms with E-state index in [-0.39, 0.29) is 18.5 Å². The van der Waals surface area contributed by atoms with E-state index in [1.165, 1.54) is 10.9 Å². The largest absolute Gasteiger partial charge is 0.330 e. The molecular formula is C7H11F2N3. The molecule has 2 N–H and O–H groups in total. The molecule has 12 heavy (non-hydrogen) atoms. The van der Waals surface area contributed by atoms with Gasteiger partial charge in [0.15, 0.2) is 0 Å². The summed E-state index contributed by atoms with van der Waals surface area (Å²) < 4.78 is 27.4. The number of aryl methyl sites for hydroxylation is 1. The van der Waals surface area contributed by atoms with Crippen LogP contribution in [0.25, 0.3) is 0 Å². The van der Waals surface area contributed by atoms with E-state index in [0.717, 1.165) is 6.20 Å². The van der Waals surface area contributed by atoms with Crippen LogP contribution in [0.15, 0.2) is 12.4 Å². The van der Waals surface area contributed by atoms with Gasteiger partial charge in [-0.3, -0.25) is 4.68 Å². The zero-order valence-electron chi connectivity index (χ0n) is 6.80. The van der Waals surface area contributed by atoms with Gasteiger partial charge in [-0.25, -0.2) is 8.78 Å². The minimum atomic E-state index is -2.84. The third-order valence-corrected chi connectivity index (χ3v) is 1.59. The lowest BCUT2D eigenvalue weighted by atomic mass is 10.1. The van der Waals surface area contributed by atoms with Crippen LogP contribution in [-0.4, -0.2) is 16.3 Å². The highest BCUT2D eigenvalue weighted by Gasteiger charge is 2.31. The van der Waals surface area contributed by atoms with Crippen LogP contribution >= 0.6 is 0 Å². The van der Waals surface area contributed by atoms with Crippen LogP contribution in [0.2, 0.25) is 0 Å². The number of nitrogens with two attached hydrogens (primary N) is 1. The van der Waals surface area contributed by atoms with Gasteiger partial charge in [-0.15, -0.1) is 0 Å². The number of hydrogen-bond donors (Lipinski definition) is 1. The molecule has 0 amide bonds. The Morgan fingerprint density at radius 1 is 1.67 bits per heavy atom. The lowest BCUT2D eigenvalue weighted by Crippen LogP contribution is -2.17. The summed E-state index contributed by atoms with van der Waals surface area (Å²) in [6.45, 7) is -0.0259. The number of hydrogen-bond acceptors (Lipinski definition) is 2.